The van der Waals surface area contributed by atoms with Crippen LogP contribution < -0.4 is 11.1 Å². The van der Waals surface area contributed by atoms with E-state index in [4.69, 9.17) is 10.8 Å². The molecule has 0 spiro atoms. The van der Waals surface area contributed by atoms with Crippen molar-refractivity contribution in [2.75, 3.05) is 18.9 Å². The second-order valence-electron chi connectivity index (χ2n) is 4.79. The summed E-state index contributed by atoms with van der Waals surface area (Å²) in [6.45, 7) is 2.88. The maximum Gasteiger partial charge on any atom is 0.220 e. The average Bonchev–Trinajstić information content (AvgIpc) is 2.42. The number of hydrogen-bond acceptors (Lipinski definition) is 3. The van der Waals surface area contributed by atoms with Crippen molar-refractivity contribution in [2.24, 2.45) is 5.92 Å². The maximum absolute atomic E-state index is 11.7. The molecule has 0 aliphatic heterocycles. The fraction of sp³-hybridized carbons (Fsp3) is 0.533. The van der Waals surface area contributed by atoms with Gasteiger partial charge in [0.1, 0.15) is 0 Å². The Kier molecular flexibility index (Phi) is 9.86. The molecule has 4 N–H and O–H groups in total. The molecule has 0 saturated heterocycles. The van der Waals surface area contributed by atoms with Crippen LogP contribution in [-0.2, 0) is 11.2 Å². The molecule has 0 saturated carbocycles. The van der Waals surface area contributed by atoms with Gasteiger partial charge < -0.3 is 16.2 Å². The molecule has 1 rings (SSSR count). The van der Waals surface area contributed by atoms with E-state index < -0.39 is 0 Å². The van der Waals surface area contributed by atoms with Crippen molar-refractivity contribution in [3.8, 4) is 0 Å². The Morgan fingerprint density at radius 1 is 1.40 bits per heavy atom. The van der Waals surface area contributed by atoms with Gasteiger partial charge in [-0.05, 0) is 30.4 Å². The lowest BCUT2D eigenvalue weighted by Crippen LogP contribution is -2.29. The van der Waals surface area contributed by atoms with Crippen LogP contribution >= 0.6 is 12.4 Å². The number of aryl methyl sites for hydroxylation is 1. The molecule has 0 radical (unpaired) electrons. The summed E-state index contributed by atoms with van der Waals surface area (Å²) in [5.74, 6) is 0.399. The summed E-state index contributed by atoms with van der Waals surface area (Å²) in [7, 11) is 0. The van der Waals surface area contributed by atoms with Gasteiger partial charge in [-0.25, -0.2) is 0 Å². The Balaban J connectivity index is 0.00000361. The average molecular weight is 301 g/mol. The van der Waals surface area contributed by atoms with E-state index in [-0.39, 0.29) is 24.9 Å². The minimum Gasteiger partial charge on any atom is -0.399 e. The first-order valence-corrected chi connectivity index (χ1v) is 6.88. The Labute approximate surface area is 127 Å². The van der Waals surface area contributed by atoms with Gasteiger partial charge in [0.05, 0.1) is 0 Å². The van der Waals surface area contributed by atoms with E-state index in [1.54, 1.807) is 0 Å². The second kappa shape index (κ2) is 10.5. The highest BCUT2D eigenvalue weighted by molar-refractivity contribution is 5.85. The summed E-state index contributed by atoms with van der Waals surface area (Å²) in [4.78, 5) is 11.7. The predicted octanol–water partition coefficient (Wildman–Crippen LogP) is 2.15. The third kappa shape index (κ3) is 6.78. The fourth-order valence-electron chi connectivity index (χ4n) is 1.99. The van der Waals surface area contributed by atoms with E-state index in [2.05, 4.69) is 12.2 Å². The zero-order valence-corrected chi connectivity index (χ0v) is 12.8. The third-order valence-corrected chi connectivity index (χ3v) is 3.38. The van der Waals surface area contributed by atoms with E-state index in [1.807, 2.05) is 24.3 Å². The minimum atomic E-state index is 0. The van der Waals surface area contributed by atoms with Gasteiger partial charge in [-0.1, -0.05) is 31.5 Å². The highest BCUT2D eigenvalue weighted by Crippen LogP contribution is 2.12. The smallest absolute Gasteiger partial charge is 0.220 e. The van der Waals surface area contributed by atoms with Crippen molar-refractivity contribution in [1.29, 1.82) is 0 Å². The number of nitrogens with one attached hydrogen (secondary N) is 1. The van der Waals surface area contributed by atoms with Crippen molar-refractivity contribution in [2.45, 2.75) is 32.6 Å². The lowest BCUT2D eigenvalue weighted by molar-refractivity contribution is -0.121. The van der Waals surface area contributed by atoms with Gasteiger partial charge in [-0.2, -0.15) is 0 Å². The number of aliphatic hydroxyl groups excluding tert-OH is 1. The monoisotopic (exact) mass is 300 g/mol. The molecule has 0 heterocycles. The largest absolute Gasteiger partial charge is 0.399 e. The Bertz CT molecular complexity index is 399. The molecule has 1 amide bonds. The number of halogens is 1. The van der Waals surface area contributed by atoms with Gasteiger partial charge in [0, 0.05) is 25.3 Å². The van der Waals surface area contributed by atoms with Crippen LogP contribution in [0.2, 0.25) is 0 Å². The summed E-state index contributed by atoms with van der Waals surface area (Å²) >= 11 is 0. The van der Waals surface area contributed by atoms with Gasteiger partial charge in [0.2, 0.25) is 5.91 Å². The van der Waals surface area contributed by atoms with E-state index in [1.165, 1.54) is 0 Å². The fourth-order valence-corrected chi connectivity index (χ4v) is 1.99. The van der Waals surface area contributed by atoms with Crippen LogP contribution in [0.3, 0.4) is 0 Å². The SMILES string of the molecule is CCC(CCO)CNC(=O)CCc1ccccc1N.Cl. The highest BCUT2D eigenvalue weighted by atomic mass is 35.5. The number of benzene rings is 1. The molecule has 1 unspecified atom stereocenters. The first-order valence-electron chi connectivity index (χ1n) is 6.88. The molecular formula is C15H25ClN2O2. The molecule has 1 aromatic rings. The summed E-state index contributed by atoms with van der Waals surface area (Å²) in [6, 6.07) is 7.61. The number of carbonyl (C=O) groups is 1. The quantitative estimate of drug-likeness (QED) is 0.644. The molecule has 0 bridgehead atoms. The van der Waals surface area contributed by atoms with Gasteiger partial charge >= 0.3 is 0 Å². The molecule has 1 aromatic carbocycles. The molecule has 0 aliphatic carbocycles. The van der Waals surface area contributed by atoms with Crippen LogP contribution in [-0.4, -0.2) is 24.2 Å². The van der Waals surface area contributed by atoms with Crippen molar-refractivity contribution in [3.63, 3.8) is 0 Å². The number of anilines is 1. The molecule has 5 heteroatoms. The van der Waals surface area contributed by atoms with Crippen LogP contribution in [0.1, 0.15) is 31.7 Å². The molecule has 0 fully saturated rings. The number of amides is 1. The van der Waals surface area contributed by atoms with Crippen LogP contribution in [0.5, 0.6) is 0 Å². The summed E-state index contributed by atoms with van der Waals surface area (Å²) in [6.07, 6.45) is 2.81. The molecule has 1 atom stereocenters. The molecule has 4 nitrogen and oxygen atoms in total. The number of rotatable bonds is 8. The first-order chi connectivity index (χ1) is 9.17. The zero-order valence-electron chi connectivity index (χ0n) is 12.0. The number of nitrogens with two attached hydrogens (primary N) is 1. The van der Waals surface area contributed by atoms with E-state index in [9.17, 15) is 4.79 Å². The number of aliphatic hydroxyl groups is 1. The van der Waals surface area contributed by atoms with Crippen molar-refractivity contribution in [3.05, 3.63) is 29.8 Å². The Morgan fingerprint density at radius 3 is 2.70 bits per heavy atom. The van der Waals surface area contributed by atoms with Gasteiger partial charge in [-0.3, -0.25) is 4.79 Å². The standard InChI is InChI=1S/C15H24N2O2.ClH/c1-2-12(9-10-18)11-17-15(19)8-7-13-5-3-4-6-14(13)16;/h3-6,12,18H,2,7-11,16H2,1H3,(H,17,19);1H. The zero-order chi connectivity index (χ0) is 14.1. The molecular weight excluding hydrogens is 276 g/mol. The van der Waals surface area contributed by atoms with E-state index >= 15 is 0 Å². The lowest BCUT2D eigenvalue weighted by Gasteiger charge is -2.14. The van der Waals surface area contributed by atoms with E-state index in [0.717, 1.165) is 24.1 Å². The minimum absolute atomic E-state index is 0. The number of nitrogen functional groups attached to an aromatic ring is 1. The van der Waals surface area contributed by atoms with Gasteiger partial charge in [0.15, 0.2) is 0 Å². The Hall–Kier alpha value is -1.26. The summed E-state index contributed by atoms with van der Waals surface area (Å²) in [5, 5.41) is 11.8. The normalized spacial score (nSPS) is 11.5. The van der Waals surface area contributed by atoms with E-state index in [0.29, 0.717) is 25.3 Å². The van der Waals surface area contributed by atoms with Gasteiger partial charge in [0.25, 0.3) is 0 Å². The van der Waals surface area contributed by atoms with Crippen LogP contribution in [0, 0.1) is 5.92 Å². The van der Waals surface area contributed by atoms with Crippen LogP contribution in [0.4, 0.5) is 5.69 Å². The lowest BCUT2D eigenvalue weighted by atomic mass is 10.0. The first kappa shape index (κ1) is 18.7. The third-order valence-electron chi connectivity index (χ3n) is 3.38. The second-order valence-corrected chi connectivity index (χ2v) is 4.79. The molecule has 0 aromatic heterocycles. The number of hydrogen-bond donors (Lipinski definition) is 3. The maximum atomic E-state index is 11.7. The molecule has 20 heavy (non-hydrogen) atoms. The topological polar surface area (TPSA) is 75.3 Å². The van der Waals surface area contributed by atoms with Crippen molar-refractivity contribution < 1.29 is 9.90 Å². The number of para-hydroxylation sites is 1. The van der Waals surface area contributed by atoms with Crippen molar-refractivity contribution >= 4 is 24.0 Å². The van der Waals surface area contributed by atoms with Gasteiger partial charge in [-0.15, -0.1) is 12.4 Å². The highest BCUT2D eigenvalue weighted by Gasteiger charge is 2.08. The molecule has 114 valence electrons. The Morgan fingerprint density at radius 2 is 2.10 bits per heavy atom. The summed E-state index contributed by atoms with van der Waals surface area (Å²) < 4.78 is 0. The predicted molar refractivity (Wildman–Crippen MR) is 84.9 cm³/mol. The molecule has 0 aliphatic rings. The van der Waals surface area contributed by atoms with Crippen molar-refractivity contribution in [1.82, 2.24) is 5.32 Å². The van der Waals surface area contributed by atoms with Crippen LogP contribution in [0.15, 0.2) is 24.3 Å². The number of carbonyl (C=O) groups excluding carboxylic acids is 1. The summed E-state index contributed by atoms with van der Waals surface area (Å²) in [5.41, 5.74) is 7.58. The van der Waals surface area contributed by atoms with Crippen LogP contribution in [0.25, 0.3) is 0 Å².